The number of aromatic nitrogens is 2. The third-order valence-electron chi connectivity index (χ3n) is 2.79. The maximum absolute atomic E-state index is 12.1. The molecule has 0 saturated heterocycles. The summed E-state index contributed by atoms with van der Waals surface area (Å²) in [4.78, 5) is 20.0. The van der Waals surface area contributed by atoms with E-state index in [1.807, 2.05) is 6.07 Å². The predicted octanol–water partition coefficient (Wildman–Crippen LogP) is 2.90. The smallest absolute Gasteiger partial charge is 0.267 e. The first-order valence-corrected chi connectivity index (χ1v) is 6.70. The van der Waals surface area contributed by atoms with Crippen molar-refractivity contribution in [2.24, 2.45) is 0 Å². The molecule has 0 unspecified atom stereocenters. The number of anilines is 2. The fourth-order valence-electron chi connectivity index (χ4n) is 1.59. The predicted molar refractivity (Wildman–Crippen MR) is 84.2 cm³/mol. The normalized spacial score (nSPS) is 10.7. The van der Waals surface area contributed by atoms with Gasteiger partial charge < -0.3 is 10.6 Å². The second-order valence-electron chi connectivity index (χ2n) is 4.25. The summed E-state index contributed by atoms with van der Waals surface area (Å²) < 4.78 is 0. The lowest BCUT2D eigenvalue weighted by molar-refractivity contribution is -0.112. The average molecular weight is 314 g/mol. The first kappa shape index (κ1) is 15.5. The minimum atomic E-state index is -0.545. The number of benzene rings is 1. The van der Waals surface area contributed by atoms with Gasteiger partial charge in [-0.15, -0.1) is 0 Å². The molecule has 0 aliphatic heterocycles. The lowest BCUT2D eigenvalue weighted by Crippen LogP contribution is -2.15. The summed E-state index contributed by atoms with van der Waals surface area (Å²) in [6, 6.07) is 8.64. The molecular formula is C15H12ClN5O. The first-order chi connectivity index (χ1) is 10.6. The van der Waals surface area contributed by atoms with E-state index in [9.17, 15) is 4.79 Å². The molecule has 0 fully saturated rings. The van der Waals surface area contributed by atoms with E-state index in [0.717, 1.165) is 5.56 Å². The van der Waals surface area contributed by atoms with Crippen molar-refractivity contribution in [2.45, 2.75) is 6.92 Å². The molecule has 1 aromatic heterocycles. The Kier molecular flexibility index (Phi) is 5.07. The van der Waals surface area contributed by atoms with Crippen LogP contribution in [0.5, 0.6) is 0 Å². The number of amides is 1. The molecule has 110 valence electrons. The molecule has 2 aromatic rings. The number of hydrogen-bond donors (Lipinski definition) is 2. The Balaban J connectivity index is 2.12. The van der Waals surface area contributed by atoms with Crippen LogP contribution in [0.25, 0.3) is 0 Å². The van der Waals surface area contributed by atoms with Crippen LogP contribution >= 0.6 is 11.6 Å². The number of carbonyl (C=O) groups excluding carboxylic acids is 1. The van der Waals surface area contributed by atoms with Gasteiger partial charge in [0.05, 0.1) is 0 Å². The number of carbonyl (C=O) groups is 1. The molecule has 0 aliphatic rings. The Morgan fingerprint density at radius 3 is 2.73 bits per heavy atom. The van der Waals surface area contributed by atoms with Crippen LogP contribution in [0.3, 0.4) is 0 Å². The SMILES string of the molecule is Cc1c(Cl)cccc1NC(=O)/C(C#N)=C\Nc1ncccn1. The van der Waals surface area contributed by atoms with Gasteiger partial charge in [-0.25, -0.2) is 9.97 Å². The van der Waals surface area contributed by atoms with Crippen LogP contribution in [0.2, 0.25) is 5.02 Å². The van der Waals surface area contributed by atoms with Crippen molar-refractivity contribution < 1.29 is 4.79 Å². The van der Waals surface area contributed by atoms with Crippen molar-refractivity contribution in [3.63, 3.8) is 0 Å². The van der Waals surface area contributed by atoms with Gasteiger partial charge in [-0.2, -0.15) is 5.26 Å². The van der Waals surface area contributed by atoms with Crippen LogP contribution in [-0.4, -0.2) is 15.9 Å². The molecule has 0 bridgehead atoms. The molecule has 0 spiro atoms. The van der Waals surface area contributed by atoms with Crippen molar-refractivity contribution >= 4 is 29.1 Å². The molecule has 1 amide bonds. The molecule has 1 aromatic carbocycles. The summed E-state index contributed by atoms with van der Waals surface area (Å²) in [7, 11) is 0. The Bertz CT molecular complexity index is 752. The van der Waals surface area contributed by atoms with E-state index in [1.165, 1.54) is 6.20 Å². The molecule has 22 heavy (non-hydrogen) atoms. The number of rotatable bonds is 4. The van der Waals surface area contributed by atoms with Gasteiger partial charge in [0.25, 0.3) is 5.91 Å². The van der Waals surface area contributed by atoms with Gasteiger partial charge >= 0.3 is 0 Å². The number of halogens is 1. The van der Waals surface area contributed by atoms with E-state index in [4.69, 9.17) is 16.9 Å². The van der Waals surface area contributed by atoms with E-state index >= 15 is 0 Å². The maximum Gasteiger partial charge on any atom is 0.267 e. The monoisotopic (exact) mass is 313 g/mol. The third kappa shape index (κ3) is 3.81. The Morgan fingerprint density at radius 1 is 1.32 bits per heavy atom. The fraction of sp³-hybridized carbons (Fsp3) is 0.0667. The van der Waals surface area contributed by atoms with Crippen LogP contribution in [0.4, 0.5) is 11.6 Å². The highest BCUT2D eigenvalue weighted by Crippen LogP contribution is 2.23. The maximum atomic E-state index is 12.1. The Morgan fingerprint density at radius 2 is 2.05 bits per heavy atom. The number of hydrogen-bond acceptors (Lipinski definition) is 5. The zero-order valence-corrected chi connectivity index (χ0v) is 12.4. The summed E-state index contributed by atoms with van der Waals surface area (Å²) in [6.07, 6.45) is 4.35. The quantitative estimate of drug-likeness (QED) is 0.669. The summed E-state index contributed by atoms with van der Waals surface area (Å²) in [5.41, 5.74) is 1.18. The molecule has 7 heteroatoms. The average Bonchev–Trinajstić information content (AvgIpc) is 2.53. The minimum Gasteiger partial charge on any atom is -0.329 e. The van der Waals surface area contributed by atoms with E-state index < -0.39 is 5.91 Å². The van der Waals surface area contributed by atoms with Gasteiger partial charge in [-0.3, -0.25) is 4.79 Å². The van der Waals surface area contributed by atoms with Crippen molar-refractivity contribution in [2.75, 3.05) is 10.6 Å². The zero-order chi connectivity index (χ0) is 15.9. The minimum absolute atomic E-state index is 0.105. The van der Waals surface area contributed by atoms with Gasteiger partial charge in [0.1, 0.15) is 11.6 Å². The Hall–Kier alpha value is -2.91. The highest BCUT2D eigenvalue weighted by molar-refractivity contribution is 6.31. The van der Waals surface area contributed by atoms with Crippen molar-refractivity contribution in [1.29, 1.82) is 5.26 Å². The molecule has 0 radical (unpaired) electrons. The second-order valence-corrected chi connectivity index (χ2v) is 4.66. The van der Waals surface area contributed by atoms with Gasteiger partial charge in [0.15, 0.2) is 0 Å². The van der Waals surface area contributed by atoms with Crippen LogP contribution in [0.15, 0.2) is 48.4 Å². The largest absolute Gasteiger partial charge is 0.329 e. The molecule has 1 heterocycles. The topological polar surface area (TPSA) is 90.7 Å². The first-order valence-electron chi connectivity index (χ1n) is 6.32. The summed E-state index contributed by atoms with van der Waals surface area (Å²) in [6.45, 7) is 1.78. The van der Waals surface area contributed by atoms with Crippen molar-refractivity contribution in [1.82, 2.24) is 9.97 Å². The summed E-state index contributed by atoms with van der Waals surface area (Å²) in [5, 5.41) is 15.0. The van der Waals surface area contributed by atoms with Crippen LogP contribution in [-0.2, 0) is 4.79 Å². The van der Waals surface area contributed by atoms with Crippen LogP contribution in [0, 0.1) is 18.3 Å². The fourth-order valence-corrected chi connectivity index (χ4v) is 1.77. The van der Waals surface area contributed by atoms with E-state index in [-0.39, 0.29) is 5.57 Å². The van der Waals surface area contributed by atoms with Gasteiger partial charge in [-0.1, -0.05) is 17.7 Å². The van der Waals surface area contributed by atoms with Crippen LogP contribution < -0.4 is 10.6 Å². The van der Waals surface area contributed by atoms with Crippen molar-refractivity contribution in [3.05, 3.63) is 59.0 Å². The summed E-state index contributed by atoms with van der Waals surface area (Å²) >= 11 is 5.99. The molecular weight excluding hydrogens is 302 g/mol. The highest BCUT2D eigenvalue weighted by Gasteiger charge is 2.11. The zero-order valence-electron chi connectivity index (χ0n) is 11.7. The van der Waals surface area contributed by atoms with Crippen molar-refractivity contribution in [3.8, 4) is 6.07 Å². The molecule has 6 nitrogen and oxygen atoms in total. The second kappa shape index (κ2) is 7.20. The van der Waals surface area contributed by atoms with Gasteiger partial charge in [0.2, 0.25) is 5.95 Å². The lowest BCUT2D eigenvalue weighted by atomic mass is 10.2. The summed E-state index contributed by atoms with van der Waals surface area (Å²) in [5.74, 6) is -0.252. The van der Waals surface area contributed by atoms with E-state index in [2.05, 4.69) is 20.6 Å². The van der Waals surface area contributed by atoms with Gasteiger partial charge in [0, 0.05) is 29.3 Å². The van der Waals surface area contributed by atoms with E-state index in [1.54, 1.807) is 43.6 Å². The molecule has 2 N–H and O–H groups in total. The molecule has 0 atom stereocenters. The van der Waals surface area contributed by atoms with Gasteiger partial charge in [-0.05, 0) is 30.7 Å². The highest BCUT2D eigenvalue weighted by atomic mass is 35.5. The molecule has 2 rings (SSSR count). The number of nitrogens with zero attached hydrogens (tertiary/aromatic N) is 3. The molecule has 0 aliphatic carbocycles. The van der Waals surface area contributed by atoms with Crippen LogP contribution in [0.1, 0.15) is 5.56 Å². The Labute approximate surface area is 132 Å². The number of nitriles is 1. The lowest BCUT2D eigenvalue weighted by Gasteiger charge is -2.08. The standard InChI is InChI=1S/C15H12ClN5O/c1-10-12(16)4-2-5-13(10)21-14(22)11(8-17)9-20-15-18-6-3-7-19-15/h2-7,9H,1H3,(H,21,22)(H,18,19,20)/b11-9-. The third-order valence-corrected chi connectivity index (χ3v) is 3.20. The van der Waals surface area contributed by atoms with E-state index in [0.29, 0.717) is 16.7 Å². The number of nitrogens with one attached hydrogen (secondary N) is 2. The molecule has 0 saturated carbocycles.